The number of rotatable bonds is 4. The number of carbonyl (C=O) groups is 2. The Morgan fingerprint density at radius 1 is 0.950 bits per heavy atom. The molecule has 6 rings (SSSR count). The van der Waals surface area contributed by atoms with E-state index in [2.05, 4.69) is 28.9 Å². The van der Waals surface area contributed by atoms with Crippen molar-refractivity contribution < 1.29 is 19.1 Å². The van der Waals surface area contributed by atoms with E-state index in [0.29, 0.717) is 38.4 Å². The summed E-state index contributed by atoms with van der Waals surface area (Å²) in [7, 11) is 0. The van der Waals surface area contributed by atoms with E-state index in [-0.39, 0.29) is 24.8 Å². The molecule has 3 aromatic rings. The molecule has 3 heterocycles. The lowest BCUT2D eigenvalue weighted by atomic mass is 9.80. The summed E-state index contributed by atoms with van der Waals surface area (Å²) in [6.07, 6.45) is 4.36. The molecular formula is C32H38N4O4. The minimum atomic E-state index is -0.619. The molecule has 40 heavy (non-hydrogen) atoms. The summed E-state index contributed by atoms with van der Waals surface area (Å²) in [5.41, 5.74) is 5.82. The number of benzene rings is 2. The third kappa shape index (κ3) is 5.31. The van der Waals surface area contributed by atoms with Gasteiger partial charge in [0.15, 0.2) is 0 Å². The van der Waals surface area contributed by atoms with Gasteiger partial charge in [-0.05, 0) is 62.8 Å². The molecule has 0 bridgehead atoms. The monoisotopic (exact) mass is 542 g/mol. The number of amides is 2. The van der Waals surface area contributed by atoms with Gasteiger partial charge in [-0.3, -0.25) is 4.90 Å². The number of nitrogens with zero attached hydrogens (tertiary/aromatic N) is 4. The second-order valence-electron chi connectivity index (χ2n) is 12.1. The Bertz CT molecular complexity index is 1370. The Hall–Kier alpha value is -3.81. The molecule has 1 aliphatic carbocycles. The van der Waals surface area contributed by atoms with Gasteiger partial charge in [0.2, 0.25) is 0 Å². The summed E-state index contributed by atoms with van der Waals surface area (Å²) in [5.74, 6) is 0.682. The number of carbonyl (C=O) groups excluding carboxylic acids is 2. The van der Waals surface area contributed by atoms with Crippen molar-refractivity contribution in [3.8, 4) is 5.69 Å². The average Bonchev–Trinajstić information content (AvgIpc) is 3.16. The van der Waals surface area contributed by atoms with E-state index >= 15 is 0 Å². The van der Waals surface area contributed by atoms with Gasteiger partial charge in [-0.1, -0.05) is 48.9 Å². The lowest BCUT2D eigenvalue weighted by Crippen LogP contribution is -2.47. The van der Waals surface area contributed by atoms with Crippen molar-refractivity contribution >= 4 is 12.2 Å². The zero-order valence-electron chi connectivity index (χ0n) is 23.6. The molecule has 0 saturated heterocycles. The van der Waals surface area contributed by atoms with Gasteiger partial charge < -0.3 is 14.4 Å². The smallest absolute Gasteiger partial charge is 0.410 e. The lowest BCUT2D eigenvalue weighted by molar-refractivity contribution is 0.00941. The molecule has 2 aliphatic heterocycles. The fourth-order valence-electron chi connectivity index (χ4n) is 5.95. The van der Waals surface area contributed by atoms with Gasteiger partial charge in [-0.15, -0.1) is 0 Å². The maximum Gasteiger partial charge on any atom is 0.410 e. The van der Waals surface area contributed by atoms with Crippen molar-refractivity contribution in [2.75, 3.05) is 19.6 Å². The molecule has 0 unspecified atom stereocenters. The van der Waals surface area contributed by atoms with E-state index in [0.717, 1.165) is 28.2 Å². The van der Waals surface area contributed by atoms with E-state index in [1.807, 2.05) is 51.1 Å². The van der Waals surface area contributed by atoms with Crippen LogP contribution in [0.3, 0.4) is 0 Å². The van der Waals surface area contributed by atoms with Crippen LogP contribution in [0.2, 0.25) is 0 Å². The molecule has 0 N–H and O–H groups in total. The van der Waals surface area contributed by atoms with Crippen LogP contribution in [-0.4, -0.2) is 57.0 Å². The zero-order valence-corrected chi connectivity index (χ0v) is 23.6. The highest BCUT2D eigenvalue weighted by Gasteiger charge is 2.41. The molecule has 2 aromatic carbocycles. The van der Waals surface area contributed by atoms with Gasteiger partial charge in [0.25, 0.3) is 0 Å². The molecule has 2 amide bonds. The minimum Gasteiger partial charge on any atom is -0.445 e. The fraction of sp³-hybridized carbons (Fsp3) is 0.469. The molecule has 0 spiro atoms. The van der Waals surface area contributed by atoms with Crippen LogP contribution in [0, 0.1) is 0 Å². The number of aromatic nitrogens is 2. The molecule has 210 valence electrons. The molecule has 1 atom stereocenters. The summed E-state index contributed by atoms with van der Waals surface area (Å²) in [6, 6.07) is 18.1. The first kappa shape index (κ1) is 26.4. The van der Waals surface area contributed by atoms with Gasteiger partial charge >= 0.3 is 12.2 Å². The molecular weight excluding hydrogens is 504 g/mol. The fourth-order valence-corrected chi connectivity index (χ4v) is 5.95. The van der Waals surface area contributed by atoms with Gasteiger partial charge in [-0.25, -0.2) is 14.3 Å². The predicted octanol–water partition coefficient (Wildman–Crippen LogP) is 6.17. The van der Waals surface area contributed by atoms with Crippen molar-refractivity contribution in [3.05, 3.63) is 82.7 Å². The van der Waals surface area contributed by atoms with Crippen molar-refractivity contribution in [2.24, 2.45) is 0 Å². The Labute approximate surface area is 235 Å². The van der Waals surface area contributed by atoms with Crippen molar-refractivity contribution in [1.82, 2.24) is 19.6 Å². The van der Waals surface area contributed by atoms with Crippen LogP contribution in [0.15, 0.2) is 54.6 Å². The minimum absolute atomic E-state index is 0.205. The van der Waals surface area contributed by atoms with Gasteiger partial charge in [0.1, 0.15) is 12.2 Å². The molecule has 8 nitrogen and oxygen atoms in total. The van der Waals surface area contributed by atoms with Crippen molar-refractivity contribution in [3.63, 3.8) is 0 Å². The van der Waals surface area contributed by atoms with Crippen LogP contribution < -0.4 is 0 Å². The standard InChI is InChI=1S/C32H38N4O4/c1-32(2,3)40-31(38)35-19-17-27-29-26(33-36(27)25-14-12-24(13-15-25)23-10-7-11-23)16-18-34(20-28(29)35)30(37)39-21-22-8-5-4-6-9-22/h4-6,8-9,12-15,23,28H,7,10-11,16-21H2,1-3H3/t28-/m0/s1. The second-order valence-corrected chi connectivity index (χ2v) is 12.1. The van der Waals surface area contributed by atoms with Gasteiger partial charge in [0.05, 0.1) is 23.1 Å². The first-order chi connectivity index (χ1) is 19.3. The highest BCUT2D eigenvalue weighted by molar-refractivity contribution is 5.71. The van der Waals surface area contributed by atoms with Gasteiger partial charge in [-0.2, -0.15) is 5.10 Å². The Kier molecular flexibility index (Phi) is 7.02. The van der Waals surface area contributed by atoms with E-state index < -0.39 is 5.60 Å². The molecule has 0 radical (unpaired) electrons. The second kappa shape index (κ2) is 10.6. The zero-order chi connectivity index (χ0) is 27.9. The van der Waals surface area contributed by atoms with E-state index in [9.17, 15) is 9.59 Å². The SMILES string of the molecule is CC(C)(C)OC(=O)N1CCc2c3c(nn2-c2ccc(C4CCC4)cc2)CCN(C(=O)OCc2ccccc2)C[C@@H]31. The van der Waals surface area contributed by atoms with Crippen LogP contribution >= 0.6 is 0 Å². The first-order valence-corrected chi connectivity index (χ1v) is 14.4. The Morgan fingerprint density at radius 2 is 1.70 bits per heavy atom. The summed E-state index contributed by atoms with van der Waals surface area (Å²) in [4.78, 5) is 30.1. The lowest BCUT2D eigenvalue weighted by Gasteiger charge is -2.38. The van der Waals surface area contributed by atoms with Crippen LogP contribution in [0.5, 0.6) is 0 Å². The molecule has 1 aromatic heterocycles. The van der Waals surface area contributed by atoms with Crippen LogP contribution in [-0.2, 0) is 28.9 Å². The largest absolute Gasteiger partial charge is 0.445 e. The van der Waals surface area contributed by atoms with Crippen LogP contribution in [0.4, 0.5) is 9.59 Å². The van der Waals surface area contributed by atoms with Crippen LogP contribution in [0.1, 0.15) is 80.1 Å². The topological polar surface area (TPSA) is 76.9 Å². The Morgan fingerprint density at radius 3 is 2.38 bits per heavy atom. The van der Waals surface area contributed by atoms with Crippen molar-refractivity contribution in [1.29, 1.82) is 0 Å². The highest BCUT2D eigenvalue weighted by atomic mass is 16.6. The van der Waals surface area contributed by atoms with E-state index in [1.54, 1.807) is 9.80 Å². The van der Waals surface area contributed by atoms with E-state index in [1.165, 1.54) is 24.8 Å². The van der Waals surface area contributed by atoms with Crippen molar-refractivity contribution in [2.45, 2.75) is 77.0 Å². The maximum absolute atomic E-state index is 13.4. The summed E-state index contributed by atoms with van der Waals surface area (Å²) < 4.78 is 13.5. The average molecular weight is 543 g/mol. The molecule has 1 fully saturated rings. The highest BCUT2D eigenvalue weighted by Crippen LogP contribution is 2.39. The first-order valence-electron chi connectivity index (χ1n) is 14.4. The van der Waals surface area contributed by atoms with Crippen LogP contribution in [0.25, 0.3) is 5.69 Å². The number of ether oxygens (including phenoxy) is 2. The summed E-state index contributed by atoms with van der Waals surface area (Å²) >= 11 is 0. The summed E-state index contributed by atoms with van der Waals surface area (Å²) in [6.45, 7) is 7.11. The van der Waals surface area contributed by atoms with Gasteiger partial charge in [0, 0.05) is 38.0 Å². The molecule has 8 heteroatoms. The number of hydrogen-bond acceptors (Lipinski definition) is 5. The summed E-state index contributed by atoms with van der Waals surface area (Å²) in [5, 5.41) is 5.07. The maximum atomic E-state index is 13.4. The number of hydrogen-bond donors (Lipinski definition) is 0. The third-order valence-electron chi connectivity index (χ3n) is 8.21. The van der Waals surface area contributed by atoms with E-state index in [4.69, 9.17) is 14.6 Å². The molecule has 3 aliphatic rings. The predicted molar refractivity (Wildman–Crippen MR) is 151 cm³/mol. The Balaban J connectivity index is 1.29. The quantitative estimate of drug-likeness (QED) is 0.394. The normalized spacial score (nSPS) is 18.9. The molecule has 1 saturated carbocycles. The third-order valence-corrected chi connectivity index (χ3v) is 8.21.